The molecule has 0 aliphatic carbocycles. The Balaban J connectivity index is 1.85. The van der Waals surface area contributed by atoms with E-state index in [4.69, 9.17) is 9.97 Å². The van der Waals surface area contributed by atoms with Gasteiger partial charge in [0.25, 0.3) is 0 Å². The molecule has 7 nitrogen and oxygen atoms in total. The molecule has 25 heavy (non-hydrogen) atoms. The van der Waals surface area contributed by atoms with Crippen molar-refractivity contribution in [2.45, 2.75) is 25.9 Å². The van der Waals surface area contributed by atoms with Gasteiger partial charge in [0.15, 0.2) is 22.8 Å². The van der Waals surface area contributed by atoms with Crippen LogP contribution in [0.5, 0.6) is 0 Å². The van der Waals surface area contributed by atoms with Gasteiger partial charge in [0.1, 0.15) is 0 Å². The number of para-hydroxylation sites is 2. The summed E-state index contributed by atoms with van der Waals surface area (Å²) in [6.07, 6.45) is 3.39. The fourth-order valence-corrected chi connectivity index (χ4v) is 3.81. The van der Waals surface area contributed by atoms with E-state index in [2.05, 4.69) is 44.5 Å². The van der Waals surface area contributed by atoms with Gasteiger partial charge in [-0.05, 0) is 26.0 Å². The molecule has 1 aliphatic heterocycles. The summed E-state index contributed by atoms with van der Waals surface area (Å²) >= 11 is 0. The maximum Gasteiger partial charge on any atom is 0.198 e. The lowest BCUT2D eigenvalue weighted by Gasteiger charge is -2.36. The second-order valence-corrected chi connectivity index (χ2v) is 6.77. The maximum absolute atomic E-state index is 4.86. The number of rotatable bonds is 1. The SMILES string of the molecule is C[C@@H]1CN(c2nc3nccnc3n3c2nc2ccccc23)C[C@H](C)N1. The molecule has 0 saturated carbocycles. The van der Waals surface area contributed by atoms with Gasteiger partial charge in [-0.1, -0.05) is 12.1 Å². The van der Waals surface area contributed by atoms with Crippen LogP contribution in [0.3, 0.4) is 0 Å². The fourth-order valence-electron chi connectivity index (χ4n) is 3.81. The molecule has 0 bridgehead atoms. The molecule has 4 aromatic rings. The number of hydrogen-bond donors (Lipinski definition) is 1. The average Bonchev–Trinajstić information content (AvgIpc) is 3.00. The number of fused-ring (bicyclic) bond motifs is 5. The van der Waals surface area contributed by atoms with E-state index in [9.17, 15) is 0 Å². The van der Waals surface area contributed by atoms with Crippen molar-refractivity contribution in [3.8, 4) is 0 Å². The third-order valence-corrected chi connectivity index (χ3v) is 4.70. The normalized spacial score (nSPS) is 21.4. The Hall–Kier alpha value is -2.80. The number of anilines is 1. The zero-order chi connectivity index (χ0) is 17.0. The zero-order valence-electron chi connectivity index (χ0n) is 14.2. The first-order valence-corrected chi connectivity index (χ1v) is 8.59. The van der Waals surface area contributed by atoms with E-state index in [1.807, 2.05) is 18.2 Å². The van der Waals surface area contributed by atoms with Crippen LogP contribution < -0.4 is 10.2 Å². The summed E-state index contributed by atoms with van der Waals surface area (Å²) in [6.45, 7) is 6.18. The molecular weight excluding hydrogens is 314 g/mol. The predicted octanol–water partition coefficient (Wildman–Crippen LogP) is 2.01. The quantitative estimate of drug-likeness (QED) is 0.574. The van der Waals surface area contributed by atoms with Crippen LogP contribution in [-0.4, -0.2) is 49.5 Å². The van der Waals surface area contributed by atoms with Gasteiger partial charge in [-0.15, -0.1) is 0 Å². The Morgan fingerprint density at radius 1 is 0.960 bits per heavy atom. The van der Waals surface area contributed by atoms with E-state index in [0.29, 0.717) is 17.7 Å². The molecule has 126 valence electrons. The molecule has 1 saturated heterocycles. The third-order valence-electron chi connectivity index (χ3n) is 4.70. The monoisotopic (exact) mass is 333 g/mol. The van der Waals surface area contributed by atoms with E-state index in [-0.39, 0.29) is 0 Å². The van der Waals surface area contributed by atoms with Crippen molar-refractivity contribution < 1.29 is 0 Å². The first-order chi connectivity index (χ1) is 12.2. The highest BCUT2D eigenvalue weighted by atomic mass is 15.3. The lowest BCUT2D eigenvalue weighted by Crippen LogP contribution is -2.54. The summed E-state index contributed by atoms with van der Waals surface area (Å²) in [5.74, 6) is 0.879. The first-order valence-electron chi connectivity index (χ1n) is 8.59. The molecular formula is C18H19N7. The van der Waals surface area contributed by atoms with Crippen molar-refractivity contribution >= 4 is 33.8 Å². The number of aromatic nitrogens is 5. The molecule has 0 unspecified atom stereocenters. The van der Waals surface area contributed by atoms with Gasteiger partial charge in [0.05, 0.1) is 11.0 Å². The van der Waals surface area contributed by atoms with E-state index < -0.39 is 0 Å². The Labute approximate surface area is 144 Å². The molecule has 1 aromatic carbocycles. The second-order valence-electron chi connectivity index (χ2n) is 6.77. The summed E-state index contributed by atoms with van der Waals surface area (Å²) in [6, 6.07) is 8.91. The molecule has 1 N–H and O–H groups in total. The van der Waals surface area contributed by atoms with Crippen molar-refractivity contribution in [3.05, 3.63) is 36.7 Å². The molecule has 7 heteroatoms. The zero-order valence-corrected chi connectivity index (χ0v) is 14.2. The Morgan fingerprint density at radius 3 is 2.56 bits per heavy atom. The second kappa shape index (κ2) is 5.35. The Morgan fingerprint density at radius 2 is 1.72 bits per heavy atom. The predicted molar refractivity (Wildman–Crippen MR) is 97.9 cm³/mol. The largest absolute Gasteiger partial charge is 0.350 e. The number of benzene rings is 1. The van der Waals surface area contributed by atoms with Crippen LogP contribution >= 0.6 is 0 Å². The number of piperazine rings is 1. The minimum Gasteiger partial charge on any atom is -0.350 e. The smallest absolute Gasteiger partial charge is 0.198 e. The number of nitrogens with zero attached hydrogens (tertiary/aromatic N) is 6. The van der Waals surface area contributed by atoms with Gasteiger partial charge in [-0.2, -0.15) is 0 Å². The highest BCUT2D eigenvalue weighted by Gasteiger charge is 2.26. The first kappa shape index (κ1) is 14.5. The van der Waals surface area contributed by atoms with E-state index in [0.717, 1.165) is 41.2 Å². The highest BCUT2D eigenvalue weighted by Crippen LogP contribution is 2.28. The van der Waals surface area contributed by atoms with Crippen molar-refractivity contribution in [2.24, 2.45) is 0 Å². The van der Waals surface area contributed by atoms with Gasteiger partial charge in [-0.25, -0.2) is 19.9 Å². The van der Waals surface area contributed by atoms with E-state index >= 15 is 0 Å². The van der Waals surface area contributed by atoms with Gasteiger partial charge in [-0.3, -0.25) is 4.40 Å². The lowest BCUT2D eigenvalue weighted by atomic mass is 10.1. The van der Waals surface area contributed by atoms with Crippen LogP contribution in [0.25, 0.3) is 28.0 Å². The molecule has 5 rings (SSSR count). The maximum atomic E-state index is 4.86. The Bertz CT molecular complexity index is 1080. The average molecular weight is 333 g/mol. The Kier molecular flexibility index (Phi) is 3.11. The van der Waals surface area contributed by atoms with Crippen LogP contribution in [0.1, 0.15) is 13.8 Å². The van der Waals surface area contributed by atoms with Gasteiger partial charge in [0, 0.05) is 37.6 Å². The summed E-state index contributed by atoms with van der Waals surface area (Å²) in [5, 5.41) is 3.57. The molecule has 0 amide bonds. The summed E-state index contributed by atoms with van der Waals surface area (Å²) in [5.41, 5.74) is 4.21. The van der Waals surface area contributed by atoms with Crippen LogP contribution in [0.4, 0.5) is 5.82 Å². The minimum atomic E-state index is 0.396. The molecule has 3 aromatic heterocycles. The molecule has 1 aliphatic rings. The molecule has 2 atom stereocenters. The van der Waals surface area contributed by atoms with Crippen molar-refractivity contribution in [1.29, 1.82) is 0 Å². The van der Waals surface area contributed by atoms with Crippen molar-refractivity contribution in [3.63, 3.8) is 0 Å². The number of hydrogen-bond acceptors (Lipinski definition) is 6. The summed E-state index contributed by atoms with van der Waals surface area (Å²) in [4.78, 5) is 21.0. The summed E-state index contributed by atoms with van der Waals surface area (Å²) in [7, 11) is 0. The van der Waals surface area contributed by atoms with Gasteiger partial charge in [0.2, 0.25) is 0 Å². The topological polar surface area (TPSA) is 71.2 Å². The van der Waals surface area contributed by atoms with Crippen LogP contribution in [0.2, 0.25) is 0 Å². The van der Waals surface area contributed by atoms with E-state index in [1.54, 1.807) is 12.4 Å². The number of nitrogens with one attached hydrogen (secondary N) is 1. The summed E-state index contributed by atoms with van der Waals surface area (Å²) < 4.78 is 2.08. The van der Waals surface area contributed by atoms with Gasteiger partial charge >= 0.3 is 0 Å². The third kappa shape index (κ3) is 2.23. The number of imidazole rings is 1. The molecule has 0 spiro atoms. The molecule has 4 heterocycles. The van der Waals surface area contributed by atoms with Crippen LogP contribution in [0.15, 0.2) is 36.7 Å². The molecule has 1 fully saturated rings. The lowest BCUT2D eigenvalue weighted by molar-refractivity contribution is 0.405. The minimum absolute atomic E-state index is 0.396. The van der Waals surface area contributed by atoms with Crippen LogP contribution in [0, 0.1) is 0 Å². The van der Waals surface area contributed by atoms with Crippen molar-refractivity contribution in [1.82, 2.24) is 29.7 Å². The highest BCUT2D eigenvalue weighted by molar-refractivity contribution is 5.90. The molecule has 0 radical (unpaired) electrons. The fraction of sp³-hybridized carbons (Fsp3) is 0.333. The van der Waals surface area contributed by atoms with Crippen LogP contribution in [-0.2, 0) is 0 Å². The van der Waals surface area contributed by atoms with Crippen molar-refractivity contribution in [2.75, 3.05) is 18.0 Å². The van der Waals surface area contributed by atoms with E-state index in [1.165, 1.54) is 0 Å². The standard InChI is InChI=1S/C18H19N7/c1-11-9-24(10-12(2)21-11)17-18-22-13-5-3-4-6-14(13)25(18)16-15(23-17)19-7-8-20-16/h3-8,11-12,21H,9-10H2,1-2H3/t11-,12+. The van der Waals surface area contributed by atoms with Gasteiger partial charge < -0.3 is 10.2 Å².